The van der Waals surface area contributed by atoms with Crippen LogP contribution >= 0.6 is 0 Å². The second-order valence-corrected chi connectivity index (χ2v) is 2.82. The van der Waals surface area contributed by atoms with Crippen LogP contribution in [0.2, 0.25) is 0 Å². The predicted octanol–water partition coefficient (Wildman–Crippen LogP) is 0.736. The highest BCUT2D eigenvalue weighted by Crippen LogP contribution is 2.21. The number of hydrogen-bond donors (Lipinski definition) is 0. The standard InChI is InChI=1S/C8H10F3NO3/c1-12(2)4-5(7(14)15-3)6(13)8(9,10)11/h4H,1-3H3/b5-4-. The highest BCUT2D eigenvalue weighted by atomic mass is 19.4. The van der Waals surface area contributed by atoms with Gasteiger partial charge in [-0.2, -0.15) is 13.2 Å². The molecule has 0 aromatic rings. The largest absolute Gasteiger partial charge is 0.465 e. The van der Waals surface area contributed by atoms with Gasteiger partial charge in [0.2, 0.25) is 0 Å². The van der Waals surface area contributed by atoms with Gasteiger partial charge in [0.05, 0.1) is 7.11 Å². The average Bonchev–Trinajstić information content (AvgIpc) is 2.10. The Morgan fingerprint density at radius 1 is 1.27 bits per heavy atom. The first-order valence-electron chi connectivity index (χ1n) is 3.78. The van der Waals surface area contributed by atoms with Crippen molar-refractivity contribution in [1.29, 1.82) is 0 Å². The van der Waals surface area contributed by atoms with Crippen molar-refractivity contribution in [3.63, 3.8) is 0 Å². The Hall–Kier alpha value is -1.53. The van der Waals surface area contributed by atoms with Crippen LogP contribution in [-0.2, 0) is 14.3 Å². The van der Waals surface area contributed by atoms with E-state index in [1.54, 1.807) is 0 Å². The molecule has 0 rings (SSSR count). The lowest BCUT2D eigenvalue weighted by Crippen LogP contribution is -2.30. The Morgan fingerprint density at radius 3 is 2.00 bits per heavy atom. The molecule has 86 valence electrons. The van der Waals surface area contributed by atoms with E-state index in [4.69, 9.17) is 0 Å². The smallest absolute Gasteiger partial charge is 0.455 e. The summed E-state index contributed by atoms with van der Waals surface area (Å²) in [6, 6.07) is 0. The molecule has 7 heteroatoms. The number of nitrogens with zero attached hydrogens (tertiary/aromatic N) is 1. The summed E-state index contributed by atoms with van der Waals surface area (Å²) in [7, 11) is 3.66. The molecule has 0 fully saturated rings. The van der Waals surface area contributed by atoms with E-state index in [1.807, 2.05) is 0 Å². The van der Waals surface area contributed by atoms with Crippen LogP contribution in [0, 0.1) is 0 Å². The lowest BCUT2D eigenvalue weighted by atomic mass is 10.2. The molecule has 0 amide bonds. The lowest BCUT2D eigenvalue weighted by Gasteiger charge is -2.11. The highest BCUT2D eigenvalue weighted by molar-refractivity contribution is 6.19. The minimum Gasteiger partial charge on any atom is -0.465 e. The van der Waals surface area contributed by atoms with Crippen molar-refractivity contribution >= 4 is 11.8 Å². The van der Waals surface area contributed by atoms with E-state index in [0.717, 1.165) is 18.2 Å². The molecule has 0 heterocycles. The van der Waals surface area contributed by atoms with Crippen molar-refractivity contribution in [2.45, 2.75) is 6.18 Å². The van der Waals surface area contributed by atoms with Gasteiger partial charge < -0.3 is 9.64 Å². The molecule has 0 aliphatic heterocycles. The molecule has 0 saturated heterocycles. The molecular formula is C8H10F3NO3. The Balaban J connectivity index is 5.14. The first-order valence-corrected chi connectivity index (χ1v) is 3.78. The molecule has 15 heavy (non-hydrogen) atoms. The zero-order valence-corrected chi connectivity index (χ0v) is 8.38. The van der Waals surface area contributed by atoms with E-state index >= 15 is 0 Å². The Bertz CT molecular complexity index is 294. The number of halogens is 3. The Morgan fingerprint density at radius 2 is 1.73 bits per heavy atom. The summed E-state index contributed by atoms with van der Waals surface area (Å²) in [5, 5.41) is 0. The molecule has 0 bridgehead atoms. The van der Waals surface area contributed by atoms with Crippen molar-refractivity contribution in [2.24, 2.45) is 0 Å². The third-order valence-electron chi connectivity index (χ3n) is 1.29. The molecule has 0 radical (unpaired) electrons. The molecular weight excluding hydrogens is 215 g/mol. The number of alkyl halides is 3. The highest BCUT2D eigenvalue weighted by Gasteiger charge is 2.43. The van der Waals surface area contributed by atoms with Crippen molar-refractivity contribution in [2.75, 3.05) is 21.2 Å². The van der Waals surface area contributed by atoms with E-state index in [-0.39, 0.29) is 0 Å². The van der Waals surface area contributed by atoms with Crippen LogP contribution < -0.4 is 0 Å². The first-order chi connectivity index (χ1) is 6.70. The molecule has 0 unspecified atom stereocenters. The zero-order chi connectivity index (χ0) is 12.2. The number of esters is 1. The predicted molar refractivity (Wildman–Crippen MR) is 44.8 cm³/mol. The maximum atomic E-state index is 12.0. The summed E-state index contributed by atoms with van der Waals surface area (Å²) in [5.41, 5.74) is -1.05. The maximum absolute atomic E-state index is 12.0. The first kappa shape index (κ1) is 13.5. The van der Waals surface area contributed by atoms with Gasteiger partial charge in [-0.05, 0) is 0 Å². The number of carbonyl (C=O) groups is 2. The minimum atomic E-state index is -5.09. The minimum absolute atomic E-state index is 0.766. The second-order valence-electron chi connectivity index (χ2n) is 2.82. The summed E-state index contributed by atoms with van der Waals surface area (Å²) in [6.45, 7) is 0. The van der Waals surface area contributed by atoms with Gasteiger partial charge in [0.25, 0.3) is 5.78 Å². The quantitative estimate of drug-likeness (QED) is 0.307. The van der Waals surface area contributed by atoms with E-state index < -0.39 is 23.5 Å². The van der Waals surface area contributed by atoms with Crippen LogP contribution in [-0.4, -0.2) is 44.0 Å². The topological polar surface area (TPSA) is 46.6 Å². The van der Waals surface area contributed by atoms with Crippen molar-refractivity contribution in [1.82, 2.24) is 4.90 Å². The molecule has 0 aliphatic rings. The monoisotopic (exact) mass is 225 g/mol. The van der Waals surface area contributed by atoms with Gasteiger partial charge in [0.15, 0.2) is 0 Å². The Labute approximate surface area is 84.3 Å². The molecule has 0 saturated carbocycles. The van der Waals surface area contributed by atoms with Gasteiger partial charge >= 0.3 is 12.1 Å². The number of ketones is 1. The number of rotatable bonds is 3. The molecule has 0 N–H and O–H groups in total. The van der Waals surface area contributed by atoms with Crippen molar-refractivity contribution in [3.8, 4) is 0 Å². The fraction of sp³-hybridized carbons (Fsp3) is 0.500. The summed E-state index contributed by atoms with van der Waals surface area (Å²) < 4.78 is 40.2. The van der Waals surface area contributed by atoms with Crippen LogP contribution in [0.15, 0.2) is 11.8 Å². The maximum Gasteiger partial charge on any atom is 0.455 e. The van der Waals surface area contributed by atoms with E-state index in [1.165, 1.54) is 14.1 Å². The second kappa shape index (κ2) is 4.81. The number of Topliss-reactive ketones (excluding diaryl/α,β-unsaturated/α-hetero) is 1. The van der Waals surface area contributed by atoms with Crippen molar-refractivity contribution in [3.05, 3.63) is 11.8 Å². The fourth-order valence-electron chi connectivity index (χ4n) is 0.725. The Kier molecular flexibility index (Phi) is 4.32. The number of hydrogen-bond acceptors (Lipinski definition) is 4. The zero-order valence-electron chi connectivity index (χ0n) is 8.38. The van der Waals surface area contributed by atoms with Gasteiger partial charge in [-0.25, -0.2) is 4.79 Å². The summed E-state index contributed by atoms with van der Waals surface area (Å²) in [4.78, 5) is 22.8. The van der Waals surface area contributed by atoms with Gasteiger partial charge in [-0.15, -0.1) is 0 Å². The van der Waals surface area contributed by atoms with Crippen LogP contribution in [0.4, 0.5) is 13.2 Å². The molecule has 4 nitrogen and oxygen atoms in total. The normalized spacial score (nSPS) is 12.3. The van der Waals surface area contributed by atoms with Crippen LogP contribution in [0.1, 0.15) is 0 Å². The van der Waals surface area contributed by atoms with Crippen LogP contribution in [0.5, 0.6) is 0 Å². The van der Waals surface area contributed by atoms with E-state index in [0.29, 0.717) is 0 Å². The molecule has 0 spiro atoms. The van der Waals surface area contributed by atoms with Crippen LogP contribution in [0.25, 0.3) is 0 Å². The van der Waals surface area contributed by atoms with Gasteiger partial charge in [-0.1, -0.05) is 0 Å². The number of methoxy groups -OCH3 is 1. The number of carbonyl (C=O) groups excluding carboxylic acids is 2. The SMILES string of the molecule is COC(=O)/C(=C\N(C)C)C(=O)C(F)(F)F. The van der Waals surface area contributed by atoms with Crippen molar-refractivity contribution < 1.29 is 27.5 Å². The van der Waals surface area contributed by atoms with Gasteiger partial charge in [0, 0.05) is 20.3 Å². The van der Waals surface area contributed by atoms with Crippen LogP contribution in [0.3, 0.4) is 0 Å². The van der Waals surface area contributed by atoms with Gasteiger partial charge in [-0.3, -0.25) is 4.79 Å². The summed E-state index contributed by atoms with van der Waals surface area (Å²) in [5.74, 6) is -3.53. The molecule has 0 aromatic carbocycles. The lowest BCUT2D eigenvalue weighted by molar-refractivity contribution is -0.168. The summed E-state index contributed by atoms with van der Waals surface area (Å²) >= 11 is 0. The third-order valence-corrected chi connectivity index (χ3v) is 1.29. The average molecular weight is 225 g/mol. The third kappa shape index (κ3) is 4.01. The van der Waals surface area contributed by atoms with Gasteiger partial charge in [0.1, 0.15) is 5.57 Å². The van der Waals surface area contributed by atoms with E-state index in [2.05, 4.69) is 4.74 Å². The fourth-order valence-corrected chi connectivity index (χ4v) is 0.725. The van der Waals surface area contributed by atoms with E-state index in [9.17, 15) is 22.8 Å². The summed E-state index contributed by atoms with van der Waals surface area (Å²) in [6.07, 6.45) is -4.32. The molecule has 0 aromatic heterocycles. The molecule has 0 aliphatic carbocycles. The molecule has 0 atom stereocenters. The number of ether oxygens (including phenoxy) is 1.